The van der Waals surface area contributed by atoms with Crippen molar-refractivity contribution in [3.8, 4) is 0 Å². The molecule has 0 unspecified atom stereocenters. The van der Waals surface area contributed by atoms with Gasteiger partial charge in [0.15, 0.2) is 0 Å². The van der Waals surface area contributed by atoms with Crippen LogP contribution >= 0.6 is 15.9 Å². The van der Waals surface area contributed by atoms with Crippen LogP contribution in [0.1, 0.15) is 38.3 Å². The van der Waals surface area contributed by atoms with Gasteiger partial charge in [0.05, 0.1) is 0 Å². The van der Waals surface area contributed by atoms with Crippen LogP contribution in [0.15, 0.2) is 46.9 Å². The minimum Gasteiger partial charge on any atom is -0.341 e. The van der Waals surface area contributed by atoms with E-state index in [0.29, 0.717) is 0 Å². The summed E-state index contributed by atoms with van der Waals surface area (Å²) in [5, 5.41) is 0. The fraction of sp³-hybridized carbons (Fsp3) is 0.368. The molecule has 2 aromatic carbocycles. The van der Waals surface area contributed by atoms with E-state index in [9.17, 15) is 0 Å². The van der Waals surface area contributed by atoms with E-state index in [0.717, 1.165) is 6.54 Å². The van der Waals surface area contributed by atoms with Crippen molar-refractivity contribution in [1.29, 1.82) is 0 Å². The highest BCUT2D eigenvalue weighted by Gasteiger charge is 2.19. The lowest BCUT2D eigenvalue weighted by Crippen LogP contribution is -2.24. The molecule has 0 saturated carbocycles. The van der Waals surface area contributed by atoms with Crippen LogP contribution in [0.5, 0.6) is 0 Å². The Morgan fingerprint density at radius 2 is 1.71 bits per heavy atom. The van der Waals surface area contributed by atoms with Crippen LogP contribution in [0.4, 0.5) is 11.4 Å². The van der Waals surface area contributed by atoms with E-state index in [-0.39, 0.29) is 5.41 Å². The fourth-order valence-electron chi connectivity index (χ4n) is 2.98. The number of hydrogen-bond acceptors (Lipinski definition) is 1. The molecule has 0 fully saturated rings. The zero-order valence-electron chi connectivity index (χ0n) is 13.0. The fourth-order valence-corrected chi connectivity index (χ4v) is 3.38. The van der Waals surface area contributed by atoms with E-state index in [4.69, 9.17) is 0 Å². The summed E-state index contributed by atoms with van der Waals surface area (Å²) < 4.78 is 1.17. The minimum atomic E-state index is 0.212. The minimum absolute atomic E-state index is 0.212. The van der Waals surface area contributed by atoms with E-state index in [1.165, 1.54) is 39.8 Å². The SMILES string of the molecule is CC(C)(C)c1ccc(N2CCCc3cc(Br)ccc32)cc1. The van der Waals surface area contributed by atoms with E-state index >= 15 is 0 Å². The van der Waals surface area contributed by atoms with Crippen molar-refractivity contribution in [1.82, 2.24) is 0 Å². The second-order valence-electron chi connectivity index (χ2n) is 6.83. The summed E-state index contributed by atoms with van der Waals surface area (Å²) in [4.78, 5) is 2.44. The van der Waals surface area contributed by atoms with Gasteiger partial charge in [0, 0.05) is 22.4 Å². The average Bonchev–Trinajstić information content (AvgIpc) is 2.45. The van der Waals surface area contributed by atoms with Crippen LogP contribution in [0, 0.1) is 0 Å². The molecule has 3 rings (SSSR count). The monoisotopic (exact) mass is 343 g/mol. The third kappa shape index (κ3) is 3.01. The molecule has 0 bridgehead atoms. The molecule has 0 spiro atoms. The molecule has 2 aromatic rings. The third-order valence-electron chi connectivity index (χ3n) is 4.21. The molecule has 1 heterocycles. The molecule has 0 saturated heterocycles. The Kier molecular flexibility index (Phi) is 3.83. The number of aryl methyl sites for hydroxylation is 1. The van der Waals surface area contributed by atoms with Crippen LogP contribution in [0.25, 0.3) is 0 Å². The molecule has 0 aliphatic carbocycles. The van der Waals surface area contributed by atoms with E-state index in [2.05, 4.69) is 84.1 Å². The normalized spacial score (nSPS) is 15.0. The molecule has 1 nitrogen and oxygen atoms in total. The second-order valence-corrected chi connectivity index (χ2v) is 7.74. The molecular formula is C19H22BrN. The van der Waals surface area contributed by atoms with Crippen molar-refractivity contribution in [2.75, 3.05) is 11.4 Å². The first-order chi connectivity index (χ1) is 9.95. The highest BCUT2D eigenvalue weighted by molar-refractivity contribution is 9.10. The summed E-state index contributed by atoms with van der Waals surface area (Å²) in [6, 6.07) is 15.7. The van der Waals surface area contributed by atoms with Gasteiger partial charge in [0.2, 0.25) is 0 Å². The summed E-state index contributed by atoms with van der Waals surface area (Å²) >= 11 is 3.58. The largest absolute Gasteiger partial charge is 0.341 e. The Labute approximate surface area is 136 Å². The highest BCUT2D eigenvalue weighted by Crippen LogP contribution is 2.35. The van der Waals surface area contributed by atoms with Crippen molar-refractivity contribution in [2.45, 2.75) is 39.0 Å². The summed E-state index contributed by atoms with van der Waals surface area (Å²) in [6.07, 6.45) is 2.38. The van der Waals surface area contributed by atoms with Crippen LogP contribution in [-0.4, -0.2) is 6.54 Å². The first-order valence-electron chi connectivity index (χ1n) is 7.62. The summed E-state index contributed by atoms with van der Waals surface area (Å²) in [7, 11) is 0. The van der Waals surface area contributed by atoms with Gasteiger partial charge < -0.3 is 4.90 Å². The zero-order valence-corrected chi connectivity index (χ0v) is 14.6. The van der Waals surface area contributed by atoms with Gasteiger partial charge in [0.25, 0.3) is 0 Å². The first-order valence-corrected chi connectivity index (χ1v) is 8.41. The number of nitrogens with zero attached hydrogens (tertiary/aromatic N) is 1. The number of hydrogen-bond donors (Lipinski definition) is 0. The van der Waals surface area contributed by atoms with Gasteiger partial charge in [-0.1, -0.05) is 48.8 Å². The third-order valence-corrected chi connectivity index (χ3v) is 4.70. The molecule has 110 valence electrons. The van der Waals surface area contributed by atoms with Gasteiger partial charge in [-0.25, -0.2) is 0 Å². The first kappa shape index (κ1) is 14.6. The number of anilines is 2. The van der Waals surface area contributed by atoms with Crippen molar-refractivity contribution in [3.05, 3.63) is 58.1 Å². The topological polar surface area (TPSA) is 3.24 Å². The lowest BCUT2D eigenvalue weighted by molar-refractivity contribution is 0.590. The lowest BCUT2D eigenvalue weighted by atomic mass is 9.87. The number of rotatable bonds is 1. The number of halogens is 1. The molecule has 0 aromatic heterocycles. The molecule has 0 atom stereocenters. The van der Waals surface area contributed by atoms with Crippen LogP contribution in [-0.2, 0) is 11.8 Å². The quantitative estimate of drug-likeness (QED) is 0.629. The Hall–Kier alpha value is -1.28. The van der Waals surface area contributed by atoms with Crippen molar-refractivity contribution in [2.24, 2.45) is 0 Å². The molecule has 21 heavy (non-hydrogen) atoms. The van der Waals surface area contributed by atoms with Gasteiger partial charge in [-0.3, -0.25) is 0 Å². The Balaban J connectivity index is 1.95. The lowest BCUT2D eigenvalue weighted by Gasteiger charge is -2.32. The van der Waals surface area contributed by atoms with Gasteiger partial charge in [-0.05, 0) is 59.7 Å². The smallest absolute Gasteiger partial charge is 0.0444 e. The van der Waals surface area contributed by atoms with E-state index < -0.39 is 0 Å². The molecule has 0 radical (unpaired) electrons. The van der Waals surface area contributed by atoms with Gasteiger partial charge in [0.1, 0.15) is 0 Å². The Bertz CT molecular complexity index is 638. The van der Waals surface area contributed by atoms with E-state index in [1.807, 2.05) is 0 Å². The molecule has 0 N–H and O–H groups in total. The van der Waals surface area contributed by atoms with Crippen LogP contribution < -0.4 is 4.90 Å². The summed E-state index contributed by atoms with van der Waals surface area (Å²) in [6.45, 7) is 7.88. The molecule has 1 aliphatic heterocycles. The molecule has 0 amide bonds. The standard InChI is InChI=1S/C19H22BrN/c1-19(2,3)15-6-9-17(10-7-15)21-12-4-5-14-13-16(20)8-11-18(14)21/h6-11,13H,4-5,12H2,1-3H3. The Morgan fingerprint density at radius 3 is 2.38 bits per heavy atom. The van der Waals surface area contributed by atoms with Gasteiger partial charge in [-0.15, -0.1) is 0 Å². The maximum absolute atomic E-state index is 3.58. The maximum atomic E-state index is 3.58. The van der Waals surface area contributed by atoms with E-state index in [1.54, 1.807) is 0 Å². The molecule has 2 heteroatoms. The molecular weight excluding hydrogens is 322 g/mol. The zero-order chi connectivity index (χ0) is 15.0. The van der Waals surface area contributed by atoms with Crippen molar-refractivity contribution in [3.63, 3.8) is 0 Å². The predicted molar refractivity (Wildman–Crippen MR) is 94.6 cm³/mol. The number of benzene rings is 2. The van der Waals surface area contributed by atoms with Crippen LogP contribution in [0.3, 0.4) is 0 Å². The second kappa shape index (κ2) is 5.49. The molecule has 1 aliphatic rings. The summed E-state index contributed by atoms with van der Waals surface area (Å²) in [5.74, 6) is 0. The highest BCUT2D eigenvalue weighted by atomic mass is 79.9. The maximum Gasteiger partial charge on any atom is 0.0444 e. The number of fused-ring (bicyclic) bond motifs is 1. The van der Waals surface area contributed by atoms with Gasteiger partial charge in [-0.2, -0.15) is 0 Å². The average molecular weight is 344 g/mol. The summed E-state index contributed by atoms with van der Waals surface area (Å²) in [5.41, 5.74) is 5.69. The Morgan fingerprint density at radius 1 is 1.00 bits per heavy atom. The predicted octanol–water partition coefficient (Wildman–Crippen LogP) is 5.83. The van der Waals surface area contributed by atoms with Crippen molar-refractivity contribution >= 4 is 27.3 Å². The van der Waals surface area contributed by atoms with Crippen molar-refractivity contribution < 1.29 is 0 Å². The van der Waals surface area contributed by atoms with Crippen LogP contribution in [0.2, 0.25) is 0 Å². The van der Waals surface area contributed by atoms with Gasteiger partial charge >= 0.3 is 0 Å².